The number of carboxylic acid groups (broad SMARTS) is 1. The Kier molecular flexibility index (Phi) is 33.5. The number of hydrogen-bond donors (Lipinski definition) is 1. The first kappa shape index (κ1) is 39.1. The van der Waals surface area contributed by atoms with E-state index >= 15 is 0 Å². The number of carbonyl (C=O) groups is 3. The van der Waals surface area contributed by atoms with Gasteiger partial charge in [0.25, 0.3) is 0 Å². The lowest BCUT2D eigenvalue weighted by Gasteiger charge is -2.05. The van der Waals surface area contributed by atoms with Gasteiger partial charge >= 0.3 is 17.9 Å². The summed E-state index contributed by atoms with van der Waals surface area (Å²) in [5.41, 5.74) is 0.668. The first-order valence-corrected chi connectivity index (χ1v) is 14.1. The normalized spacial score (nSPS) is 9.62. The molecule has 0 rings (SSSR count). The van der Waals surface area contributed by atoms with E-state index in [-0.39, 0.29) is 17.5 Å². The number of unbranched alkanes of at least 4 members (excludes halogenated alkanes) is 15. The predicted molar refractivity (Wildman–Crippen MR) is 155 cm³/mol. The Hall–Kier alpha value is -2.37. The van der Waals surface area contributed by atoms with Gasteiger partial charge in [-0.3, -0.25) is 0 Å². The van der Waals surface area contributed by atoms with Crippen LogP contribution < -0.4 is 0 Å². The second kappa shape index (κ2) is 31.7. The first-order valence-electron chi connectivity index (χ1n) is 14.1. The summed E-state index contributed by atoms with van der Waals surface area (Å²) in [7, 11) is 0. The third kappa shape index (κ3) is 38.3. The Bertz CT molecular complexity index is 597. The molecule has 0 aliphatic carbocycles. The lowest BCUT2D eigenvalue weighted by Crippen LogP contribution is -2.05. The van der Waals surface area contributed by atoms with Gasteiger partial charge < -0.3 is 14.6 Å². The zero-order chi connectivity index (χ0) is 28.7. The predicted octanol–water partition coefficient (Wildman–Crippen LogP) is 8.75. The number of carbonyl (C=O) groups excluding carboxylic acids is 2. The van der Waals surface area contributed by atoms with Crippen LogP contribution in [0.5, 0.6) is 0 Å². The largest absolute Gasteiger partial charge is 0.478 e. The molecule has 0 aliphatic heterocycles. The molecule has 6 nitrogen and oxygen atoms in total. The molecule has 216 valence electrons. The monoisotopic (exact) mass is 524 g/mol. The van der Waals surface area contributed by atoms with E-state index in [1.165, 1.54) is 103 Å². The van der Waals surface area contributed by atoms with Gasteiger partial charge in [-0.1, -0.05) is 123 Å². The molecule has 0 unspecified atom stereocenters. The van der Waals surface area contributed by atoms with Gasteiger partial charge in [-0.15, -0.1) is 0 Å². The molecule has 0 aromatic heterocycles. The summed E-state index contributed by atoms with van der Waals surface area (Å²) in [5.74, 6) is -1.55. The number of carboxylic acids is 1. The van der Waals surface area contributed by atoms with Crippen molar-refractivity contribution in [1.82, 2.24) is 0 Å². The van der Waals surface area contributed by atoms with Crippen LogP contribution in [0, 0.1) is 0 Å². The van der Waals surface area contributed by atoms with Gasteiger partial charge in [0, 0.05) is 17.2 Å². The fourth-order valence-corrected chi connectivity index (χ4v) is 3.14. The zero-order valence-electron chi connectivity index (χ0n) is 24.4. The smallest absolute Gasteiger partial charge is 0.333 e. The molecule has 0 radical (unpaired) electrons. The van der Waals surface area contributed by atoms with Crippen LogP contribution in [0.15, 0.2) is 37.0 Å². The second-order valence-electron chi connectivity index (χ2n) is 9.26. The van der Waals surface area contributed by atoms with Gasteiger partial charge in [-0.25, -0.2) is 14.4 Å². The molecule has 0 saturated heterocycles. The number of hydrogen-bond acceptors (Lipinski definition) is 5. The third-order valence-corrected chi connectivity index (χ3v) is 5.40. The van der Waals surface area contributed by atoms with Crippen LogP contribution in [0.1, 0.15) is 130 Å². The average molecular weight is 525 g/mol. The standard InChI is InChI=1S/C22H42O2.C5H8O2.C4H6O2/c1-4-5-6-7-8-9-10-11-12-13-14-15-16-17-18-19-20-24-22(23)21(2)3;1-3-5(6)7-4-2;1-3(2)4(5)6/h2,4-20H2,1,3H3;3H,1,4H2,2H3;1H2,2H3,(H,5,6). The molecule has 0 heterocycles. The molecule has 1 N–H and O–H groups in total. The number of rotatable bonds is 21. The number of aliphatic carboxylic acids is 1. The summed E-state index contributed by atoms with van der Waals surface area (Å²) in [4.78, 5) is 30.9. The zero-order valence-corrected chi connectivity index (χ0v) is 24.4. The summed E-state index contributed by atoms with van der Waals surface area (Å²) in [6, 6.07) is 0. The van der Waals surface area contributed by atoms with Gasteiger partial charge in [-0.2, -0.15) is 0 Å². The quantitative estimate of drug-likeness (QED) is 0.0917. The van der Waals surface area contributed by atoms with Crippen molar-refractivity contribution in [3.63, 3.8) is 0 Å². The molecule has 0 aromatic rings. The van der Waals surface area contributed by atoms with E-state index < -0.39 is 5.97 Å². The van der Waals surface area contributed by atoms with E-state index in [2.05, 4.69) is 31.4 Å². The summed E-state index contributed by atoms with van der Waals surface area (Å²) >= 11 is 0. The molecular formula is C31H56O6. The highest BCUT2D eigenvalue weighted by Crippen LogP contribution is 2.13. The SMILES string of the molecule is C=C(C)C(=O)O.C=C(C)C(=O)OCCCCCCCCCCCCCCCCCC.C=CC(=O)OCC. The van der Waals surface area contributed by atoms with Crippen molar-refractivity contribution in [2.45, 2.75) is 130 Å². The summed E-state index contributed by atoms with van der Waals surface area (Å²) in [6.07, 6.45) is 22.9. The summed E-state index contributed by atoms with van der Waals surface area (Å²) in [5, 5.41) is 7.89. The van der Waals surface area contributed by atoms with Crippen LogP contribution in [0.3, 0.4) is 0 Å². The Morgan fingerprint density at radius 3 is 1.24 bits per heavy atom. The first-order chi connectivity index (χ1) is 17.6. The van der Waals surface area contributed by atoms with Crippen molar-refractivity contribution >= 4 is 17.9 Å². The topological polar surface area (TPSA) is 89.9 Å². The van der Waals surface area contributed by atoms with Crippen LogP contribution in [-0.2, 0) is 23.9 Å². The molecule has 0 atom stereocenters. The number of ether oxygens (including phenoxy) is 2. The molecule has 0 saturated carbocycles. The maximum absolute atomic E-state index is 11.2. The highest BCUT2D eigenvalue weighted by molar-refractivity contribution is 5.86. The highest BCUT2D eigenvalue weighted by atomic mass is 16.5. The van der Waals surface area contributed by atoms with Gasteiger partial charge in [0.2, 0.25) is 0 Å². The van der Waals surface area contributed by atoms with Gasteiger partial charge in [0.05, 0.1) is 13.2 Å². The minimum absolute atomic E-state index is 0.176. The highest BCUT2D eigenvalue weighted by Gasteiger charge is 2.01. The van der Waals surface area contributed by atoms with Gasteiger partial charge in [-0.05, 0) is 27.2 Å². The second-order valence-corrected chi connectivity index (χ2v) is 9.26. The molecule has 37 heavy (non-hydrogen) atoms. The average Bonchev–Trinajstić information content (AvgIpc) is 2.86. The van der Waals surface area contributed by atoms with Crippen LogP contribution in [-0.4, -0.2) is 36.2 Å². The van der Waals surface area contributed by atoms with Crippen molar-refractivity contribution in [2.24, 2.45) is 0 Å². The summed E-state index contributed by atoms with van der Waals surface area (Å²) < 4.78 is 9.52. The van der Waals surface area contributed by atoms with E-state index in [1.54, 1.807) is 13.8 Å². The van der Waals surface area contributed by atoms with Crippen molar-refractivity contribution in [2.75, 3.05) is 13.2 Å². The van der Waals surface area contributed by atoms with Crippen molar-refractivity contribution in [1.29, 1.82) is 0 Å². The van der Waals surface area contributed by atoms with E-state index in [9.17, 15) is 14.4 Å². The fraction of sp³-hybridized carbons (Fsp3) is 0.710. The van der Waals surface area contributed by atoms with E-state index in [4.69, 9.17) is 9.84 Å². The van der Waals surface area contributed by atoms with E-state index in [1.807, 2.05) is 0 Å². The Labute approximate surface area is 227 Å². The van der Waals surface area contributed by atoms with Crippen molar-refractivity contribution in [3.05, 3.63) is 37.0 Å². The maximum atomic E-state index is 11.2. The van der Waals surface area contributed by atoms with Crippen LogP contribution in [0.25, 0.3) is 0 Å². The Morgan fingerprint density at radius 1 is 0.649 bits per heavy atom. The molecular weight excluding hydrogens is 468 g/mol. The van der Waals surface area contributed by atoms with Crippen LogP contribution in [0.4, 0.5) is 0 Å². The molecule has 6 heteroatoms. The minimum atomic E-state index is -0.935. The third-order valence-electron chi connectivity index (χ3n) is 5.40. The maximum Gasteiger partial charge on any atom is 0.333 e. The molecule has 0 bridgehead atoms. The number of esters is 2. The molecule has 0 aliphatic rings. The van der Waals surface area contributed by atoms with E-state index in [0.29, 0.717) is 18.8 Å². The minimum Gasteiger partial charge on any atom is -0.478 e. The lowest BCUT2D eigenvalue weighted by molar-refractivity contribution is -0.139. The van der Waals surface area contributed by atoms with Gasteiger partial charge in [0.15, 0.2) is 0 Å². The fourth-order valence-electron chi connectivity index (χ4n) is 3.14. The van der Waals surface area contributed by atoms with Crippen molar-refractivity contribution < 1.29 is 29.0 Å². The lowest BCUT2D eigenvalue weighted by atomic mass is 10.0. The van der Waals surface area contributed by atoms with E-state index in [0.717, 1.165) is 12.5 Å². The Balaban J connectivity index is -0.000000724. The Morgan fingerprint density at radius 2 is 1.00 bits per heavy atom. The molecule has 0 spiro atoms. The van der Waals surface area contributed by atoms with Crippen LogP contribution >= 0.6 is 0 Å². The van der Waals surface area contributed by atoms with Crippen molar-refractivity contribution in [3.8, 4) is 0 Å². The van der Waals surface area contributed by atoms with Gasteiger partial charge in [0.1, 0.15) is 0 Å². The molecule has 0 fully saturated rings. The molecule has 0 aromatic carbocycles. The summed E-state index contributed by atoms with van der Waals surface area (Å²) in [6.45, 7) is 18.1. The molecule has 0 amide bonds. The van der Waals surface area contributed by atoms with Crippen LogP contribution in [0.2, 0.25) is 0 Å².